The van der Waals surface area contributed by atoms with Crippen LogP contribution in [-0.2, 0) is 25.8 Å². The van der Waals surface area contributed by atoms with E-state index in [1.807, 2.05) is 40.3 Å². The van der Waals surface area contributed by atoms with E-state index in [2.05, 4.69) is 10.6 Å². The van der Waals surface area contributed by atoms with Gasteiger partial charge in [-0.15, -0.1) is 11.3 Å². The molecule has 8 aliphatic carbocycles. The Kier molecular flexibility index (Phi) is 10.2. The van der Waals surface area contributed by atoms with Gasteiger partial charge in [-0.1, -0.05) is 36.4 Å². The Morgan fingerprint density at radius 3 is 1.74 bits per heavy atom. The third-order valence-corrected chi connectivity index (χ3v) is 20.8. The first kappa shape index (κ1) is 39.4. The van der Waals surface area contributed by atoms with Gasteiger partial charge in [0.2, 0.25) is 10.0 Å². The minimum Gasteiger partial charge on any atom is -0.334 e. The number of nitrogens with zero attached hydrogens (tertiary/aromatic N) is 4. The van der Waals surface area contributed by atoms with Crippen molar-refractivity contribution in [3.63, 3.8) is 0 Å². The SMILES string of the molecule is O=C(NC12CC3CC(CC(C3)C1)C2)N(C1CCN(S(=O)(=O)Cc2ccccc2)CC1)N(C(=O)NC1CCN(S(=O)(=O)c2cccs2)CC1)C12CC3CC(CC(C3)C1)C2. The monoisotopic (exact) mass is 852 g/mol. The third-order valence-electron chi connectivity index (χ3n) is 15.7. The Hall–Kier alpha value is -2.72. The lowest BCUT2D eigenvalue weighted by atomic mass is 9.52. The van der Waals surface area contributed by atoms with Crippen LogP contribution in [0.3, 0.4) is 0 Å². The highest BCUT2D eigenvalue weighted by atomic mass is 32.2. The van der Waals surface area contributed by atoms with Crippen molar-refractivity contribution in [2.24, 2.45) is 35.5 Å². The molecule has 10 fully saturated rings. The summed E-state index contributed by atoms with van der Waals surface area (Å²) in [6.45, 7) is 1.20. The number of amides is 4. The average Bonchev–Trinajstić information content (AvgIpc) is 3.73. The van der Waals surface area contributed by atoms with Crippen molar-refractivity contribution in [1.82, 2.24) is 29.3 Å². The van der Waals surface area contributed by atoms with Gasteiger partial charge in [0.05, 0.1) is 17.3 Å². The number of benzene rings is 1. The zero-order valence-corrected chi connectivity index (χ0v) is 36.0. The highest BCUT2D eigenvalue weighted by Gasteiger charge is 2.59. The highest BCUT2D eigenvalue weighted by molar-refractivity contribution is 7.91. The second-order valence-corrected chi connectivity index (χ2v) is 24.9. The molecule has 10 aliphatic rings. The van der Waals surface area contributed by atoms with Crippen LogP contribution in [0.15, 0.2) is 52.1 Å². The standard InChI is InChI=1S/C43H60N6O6S3/c50-40(44-37-8-12-47(13-9-37)58(54,55)39-7-4-16-56-39)49(43-26-34-20-35(27-43)22-36(21-34)28-43)48(41(51)45-42-23-31-17-32(24-42)19-33(18-31)25-42)38-10-14-46(15-11-38)57(52,53)29-30-5-2-1-3-6-30/h1-7,16,31-38H,8-15,17-29H2,(H,44,50)(H,45,51). The van der Waals surface area contributed by atoms with Crippen LogP contribution in [0.25, 0.3) is 0 Å². The van der Waals surface area contributed by atoms with Gasteiger partial charge in [0.25, 0.3) is 10.0 Å². The number of thiophene rings is 1. The molecule has 3 heterocycles. The molecular formula is C43H60N6O6S3. The second kappa shape index (κ2) is 15.0. The quantitative estimate of drug-likeness (QED) is 0.267. The van der Waals surface area contributed by atoms with E-state index >= 15 is 9.59 Å². The number of hydrogen-bond donors (Lipinski definition) is 2. The third kappa shape index (κ3) is 7.40. The largest absolute Gasteiger partial charge is 0.337 e. The lowest BCUT2D eigenvalue weighted by Crippen LogP contribution is -2.74. The number of carbonyl (C=O) groups excluding carboxylic acids is 2. The number of sulfonamides is 2. The maximum atomic E-state index is 15.4. The van der Waals surface area contributed by atoms with Gasteiger partial charge in [-0.05, 0) is 155 Å². The Morgan fingerprint density at radius 2 is 1.21 bits per heavy atom. The van der Waals surface area contributed by atoms with E-state index in [0.29, 0.717) is 78.5 Å². The van der Waals surface area contributed by atoms with Crippen molar-refractivity contribution in [3.8, 4) is 0 Å². The number of rotatable bonds is 9. The first-order valence-electron chi connectivity index (χ1n) is 22.1. The van der Waals surface area contributed by atoms with Crippen molar-refractivity contribution in [1.29, 1.82) is 0 Å². The predicted molar refractivity (Wildman–Crippen MR) is 222 cm³/mol. The Morgan fingerprint density at radius 1 is 0.672 bits per heavy atom. The second-order valence-electron chi connectivity index (χ2n) is 19.9. The van der Waals surface area contributed by atoms with Gasteiger partial charge in [-0.3, -0.25) is 0 Å². The number of piperidine rings is 2. The zero-order chi connectivity index (χ0) is 39.9. The molecule has 316 valence electrons. The fourth-order valence-corrected chi connectivity index (χ4v) is 18.3. The normalized spacial score (nSPS) is 35.2. The first-order chi connectivity index (χ1) is 27.9. The fourth-order valence-electron chi connectivity index (χ4n) is 14.1. The van der Waals surface area contributed by atoms with Crippen molar-refractivity contribution >= 4 is 43.4 Å². The lowest BCUT2D eigenvalue weighted by Gasteiger charge is -2.63. The number of hydrogen-bond acceptors (Lipinski definition) is 7. The van der Waals surface area contributed by atoms with Gasteiger partial charge in [0.15, 0.2) is 0 Å². The highest BCUT2D eigenvalue weighted by Crippen LogP contribution is 2.59. The molecule has 8 bridgehead atoms. The molecule has 12 nitrogen and oxygen atoms in total. The van der Waals surface area contributed by atoms with E-state index in [0.717, 1.165) is 44.1 Å². The summed E-state index contributed by atoms with van der Waals surface area (Å²) in [5.74, 6) is 3.39. The van der Waals surface area contributed by atoms with Gasteiger partial charge in [0.1, 0.15) is 4.21 Å². The molecule has 0 atom stereocenters. The number of hydrazine groups is 1. The molecule has 0 radical (unpaired) electrons. The van der Waals surface area contributed by atoms with Crippen molar-refractivity contribution in [2.75, 3.05) is 26.2 Å². The number of urea groups is 2. The van der Waals surface area contributed by atoms with Gasteiger partial charge in [0, 0.05) is 37.8 Å². The van der Waals surface area contributed by atoms with E-state index in [9.17, 15) is 16.8 Å². The summed E-state index contributed by atoms with van der Waals surface area (Å²) in [7, 11) is -7.18. The first-order valence-corrected chi connectivity index (χ1v) is 26.1. The molecule has 12 rings (SSSR count). The van der Waals surface area contributed by atoms with Gasteiger partial charge in [-0.2, -0.15) is 4.31 Å². The minimum absolute atomic E-state index is 0.0655. The smallest absolute Gasteiger partial charge is 0.334 e. The fraction of sp³-hybridized carbons (Fsp3) is 0.721. The molecule has 2 aliphatic heterocycles. The van der Waals surface area contributed by atoms with Crippen molar-refractivity contribution in [2.45, 2.75) is 136 Å². The molecule has 4 amide bonds. The van der Waals surface area contributed by atoms with Crippen LogP contribution in [0.1, 0.15) is 108 Å². The van der Waals surface area contributed by atoms with E-state index in [1.54, 1.807) is 21.8 Å². The summed E-state index contributed by atoms with van der Waals surface area (Å²) < 4.78 is 57.7. The molecule has 8 saturated carbocycles. The molecule has 1 aromatic carbocycles. The molecule has 2 N–H and O–H groups in total. The lowest BCUT2D eigenvalue weighted by molar-refractivity contribution is -0.149. The van der Waals surface area contributed by atoms with Crippen LogP contribution in [-0.4, -0.2) is 96.9 Å². The maximum absolute atomic E-state index is 15.4. The Labute approximate surface area is 348 Å². The van der Waals surface area contributed by atoms with Crippen molar-refractivity contribution in [3.05, 3.63) is 53.4 Å². The molecule has 1 aromatic heterocycles. The van der Waals surface area contributed by atoms with Crippen LogP contribution in [0, 0.1) is 35.5 Å². The summed E-state index contributed by atoms with van der Waals surface area (Å²) in [6, 6.07) is 11.6. The topological polar surface area (TPSA) is 139 Å². The minimum atomic E-state index is -3.59. The van der Waals surface area contributed by atoms with Crippen LogP contribution in [0.4, 0.5) is 9.59 Å². The summed E-state index contributed by atoms with van der Waals surface area (Å²) in [6.07, 6.45) is 14.8. The molecule has 0 spiro atoms. The number of carbonyl (C=O) groups is 2. The summed E-state index contributed by atoms with van der Waals surface area (Å²) in [5, 5.41) is 12.6. The predicted octanol–water partition coefficient (Wildman–Crippen LogP) is 6.77. The van der Waals surface area contributed by atoms with E-state index < -0.39 is 25.6 Å². The molecule has 0 unspecified atom stereocenters. The average molecular weight is 853 g/mol. The zero-order valence-electron chi connectivity index (χ0n) is 33.5. The van der Waals surface area contributed by atoms with Gasteiger partial charge >= 0.3 is 12.1 Å². The van der Waals surface area contributed by atoms with Crippen LogP contribution in [0.5, 0.6) is 0 Å². The van der Waals surface area contributed by atoms with Crippen LogP contribution >= 0.6 is 11.3 Å². The van der Waals surface area contributed by atoms with Crippen LogP contribution < -0.4 is 10.6 Å². The van der Waals surface area contributed by atoms with E-state index in [4.69, 9.17) is 0 Å². The molecular weight excluding hydrogens is 793 g/mol. The van der Waals surface area contributed by atoms with Crippen molar-refractivity contribution < 1.29 is 26.4 Å². The molecule has 15 heteroatoms. The molecule has 58 heavy (non-hydrogen) atoms. The Balaban J connectivity index is 0.945. The summed E-state index contributed by atoms with van der Waals surface area (Å²) in [5.41, 5.74) is -0.0214. The molecule has 2 aromatic rings. The summed E-state index contributed by atoms with van der Waals surface area (Å²) >= 11 is 1.22. The van der Waals surface area contributed by atoms with Gasteiger partial charge in [-0.25, -0.2) is 40.7 Å². The summed E-state index contributed by atoms with van der Waals surface area (Å²) in [4.78, 5) is 30.8. The maximum Gasteiger partial charge on any atom is 0.337 e. The van der Waals surface area contributed by atoms with Crippen LogP contribution in [0.2, 0.25) is 0 Å². The van der Waals surface area contributed by atoms with E-state index in [-0.39, 0.29) is 48.5 Å². The number of nitrogens with one attached hydrogen (secondary N) is 2. The molecule has 2 saturated heterocycles. The Bertz CT molecular complexity index is 1990. The van der Waals surface area contributed by atoms with Gasteiger partial charge < -0.3 is 10.6 Å². The van der Waals surface area contributed by atoms with E-state index in [1.165, 1.54) is 54.2 Å².